The largest absolute Gasteiger partial charge is 0.376 e. The Morgan fingerprint density at radius 2 is 2.06 bits per heavy atom. The molecule has 0 bridgehead atoms. The van der Waals surface area contributed by atoms with Crippen LogP contribution in [0.5, 0.6) is 0 Å². The molecule has 1 spiro atoms. The van der Waals surface area contributed by atoms with Gasteiger partial charge in [0.2, 0.25) is 11.8 Å². The topological polar surface area (TPSA) is 55.4 Å². The van der Waals surface area contributed by atoms with Crippen LogP contribution in [0.2, 0.25) is 0 Å². The number of hydrogen-bond acceptors (Lipinski definition) is 3. The molecule has 2 rings (SSSR count). The molecular formula is C12H19NO3. The molecule has 2 fully saturated rings. The number of nitrogens with one attached hydrogen (secondary N) is 1. The Bertz CT molecular complexity index is 337. The molecular weight excluding hydrogens is 206 g/mol. The Kier molecular flexibility index (Phi) is 2.57. The number of ether oxygens (including phenoxy) is 1. The summed E-state index contributed by atoms with van der Waals surface area (Å²) in [6.07, 6.45) is 2.03. The highest BCUT2D eigenvalue weighted by molar-refractivity contribution is 5.99. The second kappa shape index (κ2) is 3.55. The third-order valence-electron chi connectivity index (χ3n) is 3.96. The van der Waals surface area contributed by atoms with E-state index in [0.717, 1.165) is 12.8 Å². The maximum atomic E-state index is 11.7. The van der Waals surface area contributed by atoms with Crippen molar-refractivity contribution >= 4 is 11.8 Å². The minimum Gasteiger partial charge on any atom is -0.376 e. The van der Waals surface area contributed by atoms with E-state index in [0.29, 0.717) is 13.0 Å². The molecule has 1 N–H and O–H groups in total. The number of amides is 2. The lowest BCUT2D eigenvalue weighted by molar-refractivity contribution is -0.159. The molecule has 2 aliphatic rings. The van der Waals surface area contributed by atoms with Crippen molar-refractivity contribution in [2.45, 2.75) is 45.6 Å². The minimum atomic E-state index is -0.232. The van der Waals surface area contributed by atoms with E-state index in [1.165, 1.54) is 0 Å². The summed E-state index contributed by atoms with van der Waals surface area (Å²) in [5.41, 5.74) is -0.425. The molecule has 4 nitrogen and oxygen atoms in total. The standard InChI is InChI=1S/C12H19NO3/c1-8-10(15)13-9(14)6-12(8)4-5-16-11(2,3)7-12/h8H,4-7H2,1-3H3,(H,13,14,15). The summed E-state index contributed by atoms with van der Waals surface area (Å²) in [4.78, 5) is 23.2. The predicted octanol–water partition coefficient (Wildman–Crippen LogP) is 1.24. The average molecular weight is 225 g/mol. The van der Waals surface area contributed by atoms with E-state index < -0.39 is 0 Å². The van der Waals surface area contributed by atoms with Crippen molar-refractivity contribution in [2.24, 2.45) is 11.3 Å². The molecule has 0 aromatic carbocycles. The van der Waals surface area contributed by atoms with E-state index in [1.807, 2.05) is 20.8 Å². The van der Waals surface area contributed by atoms with Crippen LogP contribution in [0, 0.1) is 11.3 Å². The Morgan fingerprint density at radius 3 is 2.69 bits per heavy atom. The van der Waals surface area contributed by atoms with Crippen LogP contribution < -0.4 is 5.32 Å². The summed E-state index contributed by atoms with van der Waals surface area (Å²) >= 11 is 0. The quantitative estimate of drug-likeness (QED) is 0.631. The van der Waals surface area contributed by atoms with Gasteiger partial charge in [-0.3, -0.25) is 14.9 Å². The highest BCUT2D eigenvalue weighted by atomic mass is 16.5. The van der Waals surface area contributed by atoms with Crippen molar-refractivity contribution < 1.29 is 14.3 Å². The predicted molar refractivity (Wildman–Crippen MR) is 58.6 cm³/mol. The summed E-state index contributed by atoms with van der Waals surface area (Å²) < 4.78 is 5.67. The lowest BCUT2D eigenvalue weighted by Crippen LogP contribution is -2.55. The highest BCUT2D eigenvalue weighted by Crippen LogP contribution is 2.48. The first-order chi connectivity index (χ1) is 7.35. The lowest BCUT2D eigenvalue weighted by Gasteiger charge is -2.49. The van der Waals surface area contributed by atoms with Crippen molar-refractivity contribution in [2.75, 3.05) is 6.61 Å². The molecule has 2 heterocycles. The van der Waals surface area contributed by atoms with E-state index in [9.17, 15) is 9.59 Å². The van der Waals surface area contributed by atoms with Gasteiger partial charge in [-0.1, -0.05) is 6.92 Å². The SMILES string of the molecule is CC1C(=O)NC(=O)CC12CCOC(C)(C)C2. The third kappa shape index (κ3) is 1.86. The molecule has 0 aliphatic carbocycles. The molecule has 2 amide bonds. The van der Waals surface area contributed by atoms with Crippen molar-refractivity contribution in [3.05, 3.63) is 0 Å². The fourth-order valence-electron chi connectivity index (χ4n) is 3.08. The van der Waals surface area contributed by atoms with Gasteiger partial charge in [0.15, 0.2) is 0 Å². The van der Waals surface area contributed by atoms with Gasteiger partial charge in [0.25, 0.3) is 0 Å². The first-order valence-corrected chi connectivity index (χ1v) is 5.82. The fourth-order valence-corrected chi connectivity index (χ4v) is 3.08. The highest BCUT2D eigenvalue weighted by Gasteiger charge is 2.50. The van der Waals surface area contributed by atoms with Crippen molar-refractivity contribution in [3.8, 4) is 0 Å². The van der Waals surface area contributed by atoms with Crippen molar-refractivity contribution in [3.63, 3.8) is 0 Å². The molecule has 0 aromatic heterocycles. The van der Waals surface area contributed by atoms with Crippen LogP contribution in [-0.4, -0.2) is 24.0 Å². The Labute approximate surface area is 95.7 Å². The summed E-state index contributed by atoms with van der Waals surface area (Å²) in [5.74, 6) is -0.372. The third-order valence-corrected chi connectivity index (χ3v) is 3.96. The molecule has 2 saturated heterocycles. The van der Waals surface area contributed by atoms with E-state index in [2.05, 4.69) is 5.32 Å². The normalized spacial score (nSPS) is 38.6. The number of carbonyl (C=O) groups is 2. The zero-order valence-corrected chi connectivity index (χ0v) is 10.1. The number of rotatable bonds is 0. The lowest BCUT2D eigenvalue weighted by atomic mass is 9.62. The molecule has 90 valence electrons. The number of piperidine rings is 1. The van der Waals surface area contributed by atoms with E-state index in [1.54, 1.807) is 0 Å². The van der Waals surface area contributed by atoms with E-state index in [4.69, 9.17) is 4.74 Å². The number of hydrogen-bond donors (Lipinski definition) is 1. The van der Waals surface area contributed by atoms with Gasteiger partial charge in [-0.25, -0.2) is 0 Å². The minimum absolute atomic E-state index is 0.103. The van der Waals surface area contributed by atoms with Crippen molar-refractivity contribution in [1.29, 1.82) is 0 Å². The molecule has 0 aromatic rings. The maximum Gasteiger partial charge on any atom is 0.229 e. The molecule has 0 radical (unpaired) electrons. The molecule has 2 unspecified atom stereocenters. The summed E-state index contributed by atoms with van der Waals surface area (Å²) in [6.45, 7) is 6.61. The molecule has 4 heteroatoms. The Balaban J connectivity index is 2.28. The van der Waals surface area contributed by atoms with Crippen LogP contribution in [0.15, 0.2) is 0 Å². The van der Waals surface area contributed by atoms with Gasteiger partial charge in [-0.15, -0.1) is 0 Å². The average Bonchev–Trinajstić information content (AvgIpc) is 2.12. The van der Waals surface area contributed by atoms with Gasteiger partial charge < -0.3 is 4.74 Å². The van der Waals surface area contributed by atoms with Crippen LogP contribution in [0.3, 0.4) is 0 Å². The maximum absolute atomic E-state index is 11.7. The zero-order valence-electron chi connectivity index (χ0n) is 10.1. The van der Waals surface area contributed by atoms with Gasteiger partial charge in [-0.05, 0) is 32.1 Å². The monoisotopic (exact) mass is 225 g/mol. The van der Waals surface area contributed by atoms with Crippen LogP contribution in [0.25, 0.3) is 0 Å². The van der Waals surface area contributed by atoms with Crippen LogP contribution >= 0.6 is 0 Å². The Morgan fingerprint density at radius 1 is 1.38 bits per heavy atom. The molecule has 2 aliphatic heterocycles. The summed E-state index contributed by atoms with van der Waals surface area (Å²) in [7, 11) is 0. The van der Waals surface area contributed by atoms with Gasteiger partial charge in [0.1, 0.15) is 0 Å². The number of carbonyl (C=O) groups excluding carboxylic acids is 2. The van der Waals surface area contributed by atoms with Crippen LogP contribution in [-0.2, 0) is 14.3 Å². The van der Waals surface area contributed by atoms with Gasteiger partial charge in [0.05, 0.1) is 5.60 Å². The van der Waals surface area contributed by atoms with Crippen molar-refractivity contribution in [1.82, 2.24) is 5.32 Å². The summed E-state index contributed by atoms with van der Waals surface area (Å²) in [6, 6.07) is 0. The fraction of sp³-hybridized carbons (Fsp3) is 0.833. The van der Waals surface area contributed by atoms with Gasteiger partial charge >= 0.3 is 0 Å². The zero-order chi connectivity index (χ0) is 12.0. The van der Waals surface area contributed by atoms with Gasteiger partial charge in [-0.2, -0.15) is 0 Å². The molecule has 2 atom stereocenters. The first kappa shape index (κ1) is 11.6. The second-order valence-electron chi connectivity index (χ2n) is 5.71. The van der Waals surface area contributed by atoms with E-state index in [-0.39, 0.29) is 28.7 Å². The van der Waals surface area contributed by atoms with Crippen LogP contribution in [0.1, 0.15) is 40.0 Å². The summed E-state index contributed by atoms with van der Waals surface area (Å²) in [5, 5.41) is 2.41. The Hall–Kier alpha value is -0.900. The smallest absolute Gasteiger partial charge is 0.229 e. The van der Waals surface area contributed by atoms with Gasteiger partial charge in [0, 0.05) is 18.9 Å². The number of imide groups is 1. The van der Waals surface area contributed by atoms with Crippen LogP contribution in [0.4, 0.5) is 0 Å². The molecule has 16 heavy (non-hydrogen) atoms. The first-order valence-electron chi connectivity index (χ1n) is 5.82. The molecule has 0 saturated carbocycles. The van der Waals surface area contributed by atoms with E-state index >= 15 is 0 Å². The second-order valence-corrected chi connectivity index (χ2v) is 5.71.